The summed E-state index contributed by atoms with van der Waals surface area (Å²) < 4.78 is 27.6. The molecule has 0 spiro atoms. The van der Waals surface area contributed by atoms with Crippen LogP contribution in [0.2, 0.25) is 0 Å². The van der Waals surface area contributed by atoms with Crippen LogP contribution in [0.5, 0.6) is 0 Å². The number of aryl methyl sites for hydroxylation is 1. The Bertz CT molecular complexity index is 1710. The van der Waals surface area contributed by atoms with E-state index in [0.717, 1.165) is 33.5 Å². The van der Waals surface area contributed by atoms with Crippen molar-refractivity contribution in [2.75, 3.05) is 0 Å². The first-order valence-electron chi connectivity index (χ1n) is 12.3. The lowest BCUT2D eigenvalue weighted by atomic mass is 10.0. The molecule has 2 nitrogen and oxygen atoms in total. The van der Waals surface area contributed by atoms with Crippen molar-refractivity contribution in [2.24, 2.45) is 0 Å². The monoisotopic (exact) mass is 435 g/mol. The molecule has 0 N–H and O–H groups in total. The lowest BCUT2D eigenvalue weighted by Crippen LogP contribution is -2.03. The van der Waals surface area contributed by atoms with Gasteiger partial charge in [0.1, 0.15) is 5.82 Å². The molecule has 6 aromatic rings. The van der Waals surface area contributed by atoms with Crippen molar-refractivity contribution in [1.82, 2.24) is 9.55 Å². The zero-order chi connectivity index (χ0) is 24.3. The molecule has 0 aliphatic rings. The van der Waals surface area contributed by atoms with E-state index in [0.29, 0.717) is 5.56 Å². The third-order valence-electron chi connectivity index (χ3n) is 6.07. The minimum atomic E-state index is -2.09. The highest BCUT2D eigenvalue weighted by molar-refractivity contribution is 7.26. The van der Waals surface area contributed by atoms with Crippen molar-refractivity contribution in [3.8, 4) is 22.5 Å². The number of para-hydroxylation sites is 2. The van der Waals surface area contributed by atoms with Crippen LogP contribution < -0.4 is 0 Å². The molecule has 0 saturated heterocycles. The molecule has 156 valence electrons. The Morgan fingerprint density at radius 3 is 2.47 bits per heavy atom. The molecule has 0 radical (unpaired) electrons. The third kappa shape index (κ3) is 2.96. The Morgan fingerprint density at radius 2 is 1.66 bits per heavy atom. The standard InChI is InChI=1S/C29H24N2S/c1-18(2)31-26-10-5-4-9-25(26)30-29(31)23-8-6-7-22-24-17-21(15-16-27(24)32-28(22)23)20-13-11-19(3)12-14-20/h4-18H,1-3H3/i3D3. The number of rotatable bonds is 3. The van der Waals surface area contributed by atoms with Crippen LogP contribution in [0.3, 0.4) is 0 Å². The summed E-state index contributed by atoms with van der Waals surface area (Å²) in [5.74, 6) is 0.999. The van der Waals surface area contributed by atoms with Crippen molar-refractivity contribution in [3.05, 3.63) is 90.5 Å². The van der Waals surface area contributed by atoms with Crippen molar-refractivity contribution in [2.45, 2.75) is 26.7 Å². The van der Waals surface area contributed by atoms with E-state index in [2.05, 4.69) is 73.0 Å². The van der Waals surface area contributed by atoms with Gasteiger partial charge in [-0.3, -0.25) is 0 Å². The maximum absolute atomic E-state index is 7.62. The number of nitrogens with zero attached hydrogens (tertiary/aromatic N) is 2. The summed E-state index contributed by atoms with van der Waals surface area (Å²) in [7, 11) is 0. The molecular weight excluding hydrogens is 408 g/mol. The molecule has 0 atom stereocenters. The SMILES string of the molecule is [2H]C([2H])([2H])c1ccc(-c2ccc3sc4c(-c5nc6ccccc6n5C(C)C)cccc4c3c2)cc1. The Hall–Kier alpha value is -3.43. The average molecular weight is 436 g/mol. The number of fused-ring (bicyclic) bond motifs is 4. The normalized spacial score (nSPS) is 13.7. The highest BCUT2D eigenvalue weighted by atomic mass is 32.1. The van der Waals surface area contributed by atoms with Crippen LogP contribution in [-0.4, -0.2) is 9.55 Å². The van der Waals surface area contributed by atoms with Gasteiger partial charge in [-0.2, -0.15) is 0 Å². The Labute approximate surface area is 196 Å². The predicted octanol–water partition coefficient (Wildman–Crippen LogP) is 8.63. The second kappa shape index (κ2) is 7.32. The number of thiophene rings is 1. The van der Waals surface area contributed by atoms with Crippen LogP contribution in [0.15, 0.2) is 84.9 Å². The van der Waals surface area contributed by atoms with E-state index in [9.17, 15) is 0 Å². The number of aromatic nitrogens is 2. The summed E-state index contributed by atoms with van der Waals surface area (Å²) in [6.45, 7) is 2.31. The van der Waals surface area contributed by atoms with E-state index in [1.807, 2.05) is 18.2 Å². The summed E-state index contributed by atoms with van der Waals surface area (Å²) in [6, 6.07) is 28.8. The lowest BCUT2D eigenvalue weighted by Gasteiger charge is -2.13. The minimum Gasteiger partial charge on any atom is -0.321 e. The molecule has 0 fully saturated rings. The van der Waals surface area contributed by atoms with Crippen LogP contribution in [0.1, 0.15) is 29.6 Å². The van der Waals surface area contributed by atoms with Gasteiger partial charge in [0.05, 0.1) is 11.0 Å². The van der Waals surface area contributed by atoms with Crippen molar-refractivity contribution < 1.29 is 4.11 Å². The summed E-state index contributed by atoms with van der Waals surface area (Å²) in [4.78, 5) is 5.04. The molecule has 2 aromatic heterocycles. The van der Waals surface area contributed by atoms with Crippen LogP contribution >= 0.6 is 11.3 Å². The maximum Gasteiger partial charge on any atom is 0.142 e. The van der Waals surface area contributed by atoms with Gasteiger partial charge in [0, 0.05) is 35.9 Å². The molecular formula is C29H24N2S. The van der Waals surface area contributed by atoms with Crippen LogP contribution in [0.25, 0.3) is 53.7 Å². The summed E-state index contributed by atoms with van der Waals surface area (Å²) in [5.41, 5.74) is 5.76. The fraction of sp³-hybridized carbons (Fsp3) is 0.138. The Morgan fingerprint density at radius 1 is 0.844 bits per heavy atom. The van der Waals surface area contributed by atoms with Crippen molar-refractivity contribution in [3.63, 3.8) is 0 Å². The van der Waals surface area contributed by atoms with Gasteiger partial charge < -0.3 is 4.57 Å². The summed E-state index contributed by atoms with van der Waals surface area (Å²) in [5, 5.41) is 2.42. The van der Waals surface area contributed by atoms with Gasteiger partial charge in [0.25, 0.3) is 0 Å². The molecule has 6 rings (SSSR count). The maximum atomic E-state index is 7.62. The van der Waals surface area contributed by atoms with Gasteiger partial charge in [-0.05, 0) is 62.2 Å². The highest BCUT2D eigenvalue weighted by Gasteiger charge is 2.18. The molecule has 2 heterocycles. The van der Waals surface area contributed by atoms with Crippen LogP contribution in [0.4, 0.5) is 0 Å². The van der Waals surface area contributed by atoms with E-state index in [4.69, 9.17) is 9.10 Å². The molecule has 4 aromatic carbocycles. The van der Waals surface area contributed by atoms with Crippen LogP contribution in [-0.2, 0) is 0 Å². The molecule has 0 aliphatic carbocycles. The van der Waals surface area contributed by atoms with Crippen molar-refractivity contribution in [1.29, 1.82) is 0 Å². The third-order valence-corrected chi connectivity index (χ3v) is 7.29. The molecule has 0 aliphatic heterocycles. The van der Waals surface area contributed by atoms with Gasteiger partial charge in [0.15, 0.2) is 0 Å². The highest BCUT2D eigenvalue weighted by Crippen LogP contribution is 2.42. The molecule has 0 bridgehead atoms. The fourth-order valence-corrected chi connectivity index (χ4v) is 5.77. The van der Waals surface area contributed by atoms with E-state index >= 15 is 0 Å². The minimum absolute atomic E-state index is 0.284. The van der Waals surface area contributed by atoms with Gasteiger partial charge in [-0.1, -0.05) is 60.2 Å². The van der Waals surface area contributed by atoms with E-state index in [1.165, 1.54) is 20.2 Å². The van der Waals surface area contributed by atoms with E-state index < -0.39 is 6.85 Å². The first kappa shape index (κ1) is 16.2. The number of imidazole rings is 1. The van der Waals surface area contributed by atoms with Gasteiger partial charge in [-0.15, -0.1) is 11.3 Å². The smallest absolute Gasteiger partial charge is 0.142 e. The molecule has 0 saturated carbocycles. The quantitative estimate of drug-likeness (QED) is 0.272. The van der Waals surface area contributed by atoms with E-state index in [1.54, 1.807) is 23.5 Å². The topological polar surface area (TPSA) is 17.8 Å². The number of benzene rings is 4. The Kier molecular flexibility index (Phi) is 3.71. The lowest BCUT2D eigenvalue weighted by molar-refractivity contribution is 0.625. The molecule has 0 amide bonds. The fourth-order valence-electron chi connectivity index (χ4n) is 4.57. The molecule has 32 heavy (non-hydrogen) atoms. The Balaban J connectivity index is 1.53. The number of hydrogen-bond acceptors (Lipinski definition) is 2. The van der Waals surface area contributed by atoms with E-state index in [-0.39, 0.29) is 6.04 Å². The largest absolute Gasteiger partial charge is 0.321 e. The molecule has 0 unspecified atom stereocenters. The summed E-state index contributed by atoms with van der Waals surface area (Å²) >= 11 is 1.80. The second-order valence-electron chi connectivity index (χ2n) is 8.46. The zero-order valence-corrected chi connectivity index (χ0v) is 18.8. The molecule has 3 heteroatoms. The van der Waals surface area contributed by atoms with Crippen LogP contribution in [0, 0.1) is 6.85 Å². The van der Waals surface area contributed by atoms with Gasteiger partial charge in [-0.25, -0.2) is 4.98 Å². The first-order chi connectivity index (χ1) is 16.8. The van der Waals surface area contributed by atoms with Gasteiger partial charge in [0.2, 0.25) is 0 Å². The van der Waals surface area contributed by atoms with Gasteiger partial charge >= 0.3 is 0 Å². The average Bonchev–Trinajstić information content (AvgIpc) is 3.41. The first-order valence-corrected chi connectivity index (χ1v) is 11.7. The van der Waals surface area contributed by atoms with Crippen molar-refractivity contribution >= 4 is 42.5 Å². The second-order valence-corrected chi connectivity index (χ2v) is 9.51. The summed E-state index contributed by atoms with van der Waals surface area (Å²) in [6.07, 6.45) is 0. The predicted molar refractivity (Wildman–Crippen MR) is 139 cm³/mol. The number of hydrogen-bond donors (Lipinski definition) is 0. The zero-order valence-electron chi connectivity index (χ0n) is 21.0.